The molecule has 3 aromatic rings. The first-order valence-corrected chi connectivity index (χ1v) is 14.0. The van der Waals surface area contributed by atoms with Gasteiger partial charge in [0, 0.05) is 24.1 Å². The average Bonchev–Trinajstić information content (AvgIpc) is 3.23. The molecule has 1 aliphatic heterocycles. The third-order valence-corrected chi connectivity index (χ3v) is 8.84. The number of piperidine rings is 1. The molecule has 0 aliphatic carbocycles. The Morgan fingerprint density at radius 3 is 2.74 bits per heavy atom. The molecule has 190 valence electrons. The number of aromatic nitrogens is 2. The van der Waals surface area contributed by atoms with Gasteiger partial charge in [-0.15, -0.1) is 0 Å². The van der Waals surface area contributed by atoms with Crippen molar-refractivity contribution in [2.45, 2.75) is 37.2 Å². The van der Waals surface area contributed by atoms with Crippen molar-refractivity contribution in [3.63, 3.8) is 0 Å². The third-order valence-electron chi connectivity index (χ3n) is 6.35. The Kier molecular flexibility index (Phi) is 8.33. The van der Waals surface area contributed by atoms with Crippen LogP contribution >= 0.6 is 15.9 Å². The van der Waals surface area contributed by atoms with E-state index < -0.39 is 16.1 Å². The number of halogens is 1. The average molecular weight is 568 g/mol. The monoisotopic (exact) mass is 566 g/mol. The van der Waals surface area contributed by atoms with Crippen LogP contribution in [0.1, 0.15) is 25.3 Å². The number of aromatic amines is 2. The highest BCUT2D eigenvalue weighted by Crippen LogP contribution is 2.28. The lowest BCUT2D eigenvalue weighted by Gasteiger charge is -2.32. The zero-order valence-corrected chi connectivity index (χ0v) is 22.0. The van der Waals surface area contributed by atoms with Gasteiger partial charge in [0.15, 0.2) is 0 Å². The van der Waals surface area contributed by atoms with E-state index in [9.17, 15) is 18.3 Å². The highest BCUT2D eigenvalue weighted by atomic mass is 79.9. The second-order valence-corrected chi connectivity index (χ2v) is 11.7. The Bertz CT molecular complexity index is 1310. The van der Waals surface area contributed by atoms with Gasteiger partial charge in [-0.1, -0.05) is 28.9 Å². The van der Waals surface area contributed by atoms with E-state index >= 15 is 0 Å². The third kappa shape index (κ3) is 6.15. The standard InChI is InChI=1S/C24H31BrN4O5S/c1-2-17-12-18(25)6-7-22(17)35(32,33)29-10-8-16(9-11-29)13-26-14-19(30)15-34-21-5-3-4-20-23(21)28-24(31)27-20/h3-7,12,16,19,26,30H,2,8-11,13-15H2,1H3,(H2,27,28,31)/t19-/m0/s1. The number of sulfonamides is 1. The van der Waals surface area contributed by atoms with Crippen molar-refractivity contribution < 1.29 is 18.3 Å². The fraction of sp³-hybridized carbons (Fsp3) is 0.458. The number of ether oxygens (including phenoxy) is 1. The second kappa shape index (κ2) is 11.3. The number of aliphatic hydroxyl groups is 1. The number of aliphatic hydroxyl groups excluding tert-OH is 1. The summed E-state index contributed by atoms with van der Waals surface area (Å²) >= 11 is 3.42. The number of para-hydroxylation sites is 1. The first-order chi connectivity index (χ1) is 16.8. The molecule has 1 aliphatic rings. The van der Waals surface area contributed by atoms with Crippen LogP contribution < -0.4 is 15.7 Å². The summed E-state index contributed by atoms with van der Waals surface area (Å²) < 4.78 is 34.5. The van der Waals surface area contributed by atoms with E-state index in [0.29, 0.717) is 60.2 Å². The van der Waals surface area contributed by atoms with Gasteiger partial charge < -0.3 is 25.1 Å². The van der Waals surface area contributed by atoms with E-state index in [-0.39, 0.29) is 12.3 Å². The van der Waals surface area contributed by atoms with E-state index in [0.717, 1.165) is 22.9 Å². The summed E-state index contributed by atoms with van der Waals surface area (Å²) in [6.07, 6.45) is 1.46. The molecule has 1 fully saturated rings. The lowest BCUT2D eigenvalue weighted by molar-refractivity contribution is 0.105. The summed E-state index contributed by atoms with van der Waals surface area (Å²) in [6.45, 7) is 4.07. The predicted octanol–water partition coefficient (Wildman–Crippen LogP) is 2.61. The first kappa shape index (κ1) is 25.9. The van der Waals surface area contributed by atoms with Crippen molar-refractivity contribution >= 4 is 37.0 Å². The van der Waals surface area contributed by atoms with Gasteiger partial charge in [0.1, 0.15) is 24.0 Å². The van der Waals surface area contributed by atoms with Crippen LogP contribution in [-0.4, -0.2) is 66.7 Å². The van der Waals surface area contributed by atoms with Crippen LogP contribution in [-0.2, 0) is 16.4 Å². The number of H-pyrrole nitrogens is 2. The van der Waals surface area contributed by atoms with Gasteiger partial charge in [0.25, 0.3) is 0 Å². The van der Waals surface area contributed by atoms with E-state index in [2.05, 4.69) is 31.2 Å². The van der Waals surface area contributed by atoms with Gasteiger partial charge in [0.05, 0.1) is 10.4 Å². The Hall–Kier alpha value is -2.18. The number of nitrogens with zero attached hydrogens (tertiary/aromatic N) is 1. The Balaban J connectivity index is 1.22. The van der Waals surface area contributed by atoms with Gasteiger partial charge in [-0.25, -0.2) is 13.2 Å². The molecule has 4 N–H and O–H groups in total. The number of rotatable bonds is 10. The van der Waals surface area contributed by atoms with Crippen molar-refractivity contribution in [1.82, 2.24) is 19.6 Å². The number of hydrogen-bond donors (Lipinski definition) is 4. The van der Waals surface area contributed by atoms with Crippen LogP contribution in [0.4, 0.5) is 0 Å². The van der Waals surface area contributed by atoms with Crippen molar-refractivity contribution in [2.24, 2.45) is 5.92 Å². The highest BCUT2D eigenvalue weighted by Gasteiger charge is 2.30. The second-order valence-electron chi connectivity index (χ2n) is 8.83. The summed E-state index contributed by atoms with van der Waals surface area (Å²) in [4.78, 5) is 17.3. The van der Waals surface area contributed by atoms with Crippen molar-refractivity contribution in [3.8, 4) is 5.75 Å². The number of imidazole rings is 1. The molecule has 1 atom stereocenters. The quantitative estimate of drug-likeness (QED) is 0.298. The van der Waals surface area contributed by atoms with Gasteiger partial charge in [0.2, 0.25) is 10.0 Å². The summed E-state index contributed by atoms with van der Waals surface area (Å²) in [5.74, 6) is 0.842. The maximum atomic E-state index is 13.2. The van der Waals surface area contributed by atoms with Gasteiger partial charge in [-0.3, -0.25) is 0 Å². The number of hydrogen-bond acceptors (Lipinski definition) is 6. The molecule has 0 amide bonds. The van der Waals surface area contributed by atoms with E-state index in [1.165, 1.54) is 0 Å². The molecule has 0 bridgehead atoms. The fourth-order valence-corrected chi connectivity index (χ4v) is 6.57. The van der Waals surface area contributed by atoms with Crippen LogP contribution in [0.3, 0.4) is 0 Å². The summed E-state index contributed by atoms with van der Waals surface area (Å²) in [5, 5.41) is 13.6. The molecule has 0 spiro atoms. The summed E-state index contributed by atoms with van der Waals surface area (Å²) in [5.41, 5.74) is 1.74. The minimum atomic E-state index is -3.52. The van der Waals surface area contributed by atoms with Crippen molar-refractivity contribution in [3.05, 3.63) is 56.9 Å². The first-order valence-electron chi connectivity index (χ1n) is 11.8. The van der Waals surface area contributed by atoms with Crippen LogP contribution in [0.5, 0.6) is 5.75 Å². The molecule has 2 heterocycles. The molecule has 0 saturated carbocycles. The van der Waals surface area contributed by atoms with Crippen LogP contribution in [0.25, 0.3) is 11.0 Å². The minimum Gasteiger partial charge on any atom is -0.489 e. The minimum absolute atomic E-state index is 0.0863. The maximum Gasteiger partial charge on any atom is 0.323 e. The Morgan fingerprint density at radius 1 is 1.23 bits per heavy atom. The summed E-state index contributed by atoms with van der Waals surface area (Å²) in [6, 6.07) is 10.6. The van der Waals surface area contributed by atoms with E-state index in [4.69, 9.17) is 4.74 Å². The number of fused-ring (bicyclic) bond motifs is 1. The number of benzene rings is 2. The predicted molar refractivity (Wildman–Crippen MR) is 138 cm³/mol. The molecular weight excluding hydrogens is 536 g/mol. The smallest absolute Gasteiger partial charge is 0.323 e. The van der Waals surface area contributed by atoms with Crippen LogP contribution in [0.2, 0.25) is 0 Å². The molecule has 0 radical (unpaired) electrons. The fourth-order valence-electron chi connectivity index (χ4n) is 4.42. The Morgan fingerprint density at radius 2 is 2.00 bits per heavy atom. The molecule has 1 saturated heterocycles. The topological polar surface area (TPSA) is 128 Å². The molecule has 11 heteroatoms. The zero-order valence-electron chi connectivity index (χ0n) is 19.6. The van der Waals surface area contributed by atoms with Gasteiger partial charge in [-0.05, 0) is 67.6 Å². The van der Waals surface area contributed by atoms with Crippen molar-refractivity contribution in [1.29, 1.82) is 0 Å². The zero-order chi connectivity index (χ0) is 25.0. The van der Waals surface area contributed by atoms with E-state index in [1.807, 2.05) is 13.0 Å². The number of nitrogens with one attached hydrogen (secondary N) is 3. The van der Waals surface area contributed by atoms with E-state index in [1.54, 1.807) is 34.6 Å². The SMILES string of the molecule is CCc1cc(Br)ccc1S(=O)(=O)N1CCC(CNC[C@H](O)COc2cccc3[nH]c(=O)[nH]c23)CC1. The molecule has 2 aromatic carbocycles. The van der Waals surface area contributed by atoms with Crippen molar-refractivity contribution in [2.75, 3.05) is 32.8 Å². The molecule has 9 nitrogen and oxygen atoms in total. The van der Waals surface area contributed by atoms with Gasteiger partial charge in [-0.2, -0.15) is 4.31 Å². The largest absolute Gasteiger partial charge is 0.489 e. The van der Waals surface area contributed by atoms with Gasteiger partial charge >= 0.3 is 5.69 Å². The number of aryl methyl sites for hydroxylation is 1. The molecular formula is C24H31BrN4O5S. The van der Waals surface area contributed by atoms with Crippen LogP contribution in [0, 0.1) is 5.92 Å². The summed E-state index contributed by atoms with van der Waals surface area (Å²) in [7, 11) is -3.52. The highest BCUT2D eigenvalue weighted by molar-refractivity contribution is 9.10. The molecule has 0 unspecified atom stereocenters. The normalized spacial score (nSPS) is 16.5. The lowest BCUT2D eigenvalue weighted by atomic mass is 9.98. The maximum absolute atomic E-state index is 13.2. The Labute approximate surface area is 213 Å². The molecule has 1 aromatic heterocycles. The lowest BCUT2D eigenvalue weighted by Crippen LogP contribution is -2.42. The molecule has 4 rings (SSSR count). The van der Waals surface area contributed by atoms with Crippen LogP contribution in [0.15, 0.2) is 50.6 Å². The molecule has 35 heavy (non-hydrogen) atoms.